The first-order chi connectivity index (χ1) is 9.19. The first kappa shape index (κ1) is 13.5. The molecule has 0 fully saturated rings. The Morgan fingerprint density at radius 3 is 2.37 bits per heavy atom. The largest absolute Gasteiger partial charge is 0.397 e. The molecule has 0 aliphatic rings. The van der Waals surface area contributed by atoms with Crippen LogP contribution in [0.1, 0.15) is 30.0 Å². The monoisotopic (exact) mass is 254 g/mol. The average Bonchev–Trinajstić information content (AvgIpc) is 2.42. The highest BCUT2D eigenvalue weighted by Gasteiger charge is 1.99. The smallest absolute Gasteiger partial charge is 0.0579 e. The Balaban J connectivity index is 2.00. The topological polar surface area (TPSA) is 38.0 Å². The molecule has 0 unspecified atom stereocenters. The van der Waals surface area contributed by atoms with Crippen molar-refractivity contribution in [1.29, 1.82) is 0 Å². The van der Waals surface area contributed by atoms with Crippen LogP contribution >= 0.6 is 0 Å². The molecule has 3 N–H and O–H groups in total. The second-order valence-corrected chi connectivity index (χ2v) is 5.01. The molecule has 0 atom stereocenters. The van der Waals surface area contributed by atoms with Crippen LogP contribution in [0.15, 0.2) is 42.5 Å². The van der Waals surface area contributed by atoms with Gasteiger partial charge in [0.25, 0.3) is 0 Å². The summed E-state index contributed by atoms with van der Waals surface area (Å²) in [4.78, 5) is 0. The highest BCUT2D eigenvalue weighted by molar-refractivity contribution is 5.66. The SMILES string of the molecule is CCCc1ccc(CNc2cc(C)ccc2N)cc1. The van der Waals surface area contributed by atoms with Crippen LogP contribution in [0.25, 0.3) is 0 Å². The van der Waals surface area contributed by atoms with Crippen LogP contribution in [0.2, 0.25) is 0 Å². The van der Waals surface area contributed by atoms with Crippen molar-refractivity contribution in [3.8, 4) is 0 Å². The third kappa shape index (κ3) is 3.75. The Hall–Kier alpha value is -1.96. The number of hydrogen-bond acceptors (Lipinski definition) is 2. The van der Waals surface area contributed by atoms with E-state index in [4.69, 9.17) is 5.73 Å². The van der Waals surface area contributed by atoms with Crippen molar-refractivity contribution in [2.45, 2.75) is 33.2 Å². The Morgan fingerprint density at radius 2 is 1.68 bits per heavy atom. The fourth-order valence-corrected chi connectivity index (χ4v) is 2.13. The van der Waals surface area contributed by atoms with E-state index in [2.05, 4.69) is 49.5 Å². The lowest BCUT2D eigenvalue weighted by Crippen LogP contribution is -2.02. The fourth-order valence-electron chi connectivity index (χ4n) is 2.13. The maximum Gasteiger partial charge on any atom is 0.0579 e. The first-order valence-corrected chi connectivity index (χ1v) is 6.87. The molecule has 0 saturated carbocycles. The van der Waals surface area contributed by atoms with E-state index in [1.54, 1.807) is 0 Å². The number of benzene rings is 2. The molecule has 2 aromatic rings. The van der Waals surface area contributed by atoms with Gasteiger partial charge >= 0.3 is 0 Å². The highest BCUT2D eigenvalue weighted by atomic mass is 14.9. The van der Waals surface area contributed by atoms with Crippen molar-refractivity contribution >= 4 is 11.4 Å². The zero-order chi connectivity index (χ0) is 13.7. The van der Waals surface area contributed by atoms with Gasteiger partial charge in [-0.3, -0.25) is 0 Å². The van der Waals surface area contributed by atoms with E-state index in [0.29, 0.717) is 0 Å². The fraction of sp³-hybridized carbons (Fsp3) is 0.294. The molecule has 0 amide bonds. The van der Waals surface area contributed by atoms with Crippen molar-refractivity contribution in [2.75, 3.05) is 11.1 Å². The third-order valence-corrected chi connectivity index (χ3v) is 3.25. The molecule has 0 bridgehead atoms. The third-order valence-electron chi connectivity index (χ3n) is 3.25. The van der Waals surface area contributed by atoms with Crippen LogP contribution in [0, 0.1) is 6.92 Å². The second kappa shape index (κ2) is 6.28. The summed E-state index contributed by atoms with van der Waals surface area (Å²) in [6.07, 6.45) is 2.34. The molecule has 0 heterocycles. The van der Waals surface area contributed by atoms with E-state index < -0.39 is 0 Å². The molecule has 2 heteroatoms. The molecule has 19 heavy (non-hydrogen) atoms. The number of aryl methyl sites for hydroxylation is 2. The number of nitrogens with one attached hydrogen (secondary N) is 1. The van der Waals surface area contributed by atoms with Gasteiger partial charge in [-0.25, -0.2) is 0 Å². The van der Waals surface area contributed by atoms with Gasteiger partial charge < -0.3 is 11.1 Å². The minimum atomic E-state index is 0.799. The maximum absolute atomic E-state index is 5.95. The van der Waals surface area contributed by atoms with Gasteiger partial charge in [-0.2, -0.15) is 0 Å². The Morgan fingerprint density at radius 1 is 1.00 bits per heavy atom. The van der Waals surface area contributed by atoms with Crippen LogP contribution in [0.5, 0.6) is 0 Å². The van der Waals surface area contributed by atoms with E-state index in [-0.39, 0.29) is 0 Å². The summed E-state index contributed by atoms with van der Waals surface area (Å²) in [5.41, 5.74) is 11.7. The summed E-state index contributed by atoms with van der Waals surface area (Å²) in [6, 6.07) is 14.8. The molecule has 0 spiro atoms. The summed E-state index contributed by atoms with van der Waals surface area (Å²) in [5, 5.41) is 3.40. The summed E-state index contributed by atoms with van der Waals surface area (Å²) < 4.78 is 0. The molecule has 2 nitrogen and oxygen atoms in total. The first-order valence-electron chi connectivity index (χ1n) is 6.87. The molecule has 0 aliphatic carbocycles. The predicted octanol–water partition coefficient (Wildman–Crippen LogP) is 4.14. The van der Waals surface area contributed by atoms with Gasteiger partial charge in [-0.1, -0.05) is 43.7 Å². The Labute approximate surface area is 115 Å². The van der Waals surface area contributed by atoms with Crippen molar-refractivity contribution in [3.63, 3.8) is 0 Å². The number of nitrogen functional groups attached to an aromatic ring is 1. The molecule has 0 aromatic heterocycles. The molecular weight excluding hydrogens is 232 g/mol. The van der Waals surface area contributed by atoms with Crippen LogP contribution in [0.3, 0.4) is 0 Å². The molecule has 0 saturated heterocycles. The van der Waals surface area contributed by atoms with E-state index in [1.807, 2.05) is 12.1 Å². The van der Waals surface area contributed by atoms with E-state index in [1.165, 1.54) is 23.1 Å². The molecule has 2 rings (SSSR count). The van der Waals surface area contributed by atoms with Gasteiger partial charge in [0.05, 0.1) is 11.4 Å². The molecular formula is C17H22N2. The molecule has 0 aliphatic heterocycles. The summed E-state index contributed by atoms with van der Waals surface area (Å²) in [5.74, 6) is 0. The number of rotatable bonds is 5. The van der Waals surface area contributed by atoms with E-state index >= 15 is 0 Å². The highest BCUT2D eigenvalue weighted by Crippen LogP contribution is 2.20. The van der Waals surface area contributed by atoms with Crippen LogP contribution in [-0.2, 0) is 13.0 Å². The van der Waals surface area contributed by atoms with Gasteiger partial charge in [0.2, 0.25) is 0 Å². The predicted molar refractivity (Wildman–Crippen MR) is 83.4 cm³/mol. The van der Waals surface area contributed by atoms with Gasteiger partial charge in [-0.15, -0.1) is 0 Å². The Bertz CT molecular complexity index is 529. The summed E-state index contributed by atoms with van der Waals surface area (Å²) in [6.45, 7) is 5.08. The van der Waals surface area contributed by atoms with Gasteiger partial charge in [0.1, 0.15) is 0 Å². The van der Waals surface area contributed by atoms with Crippen molar-refractivity contribution in [2.24, 2.45) is 0 Å². The molecule has 0 radical (unpaired) electrons. The zero-order valence-corrected chi connectivity index (χ0v) is 11.7. The standard InChI is InChI=1S/C17H22N2/c1-3-4-14-6-8-15(9-7-14)12-19-17-11-13(2)5-10-16(17)18/h5-11,19H,3-4,12,18H2,1-2H3. The Kier molecular flexibility index (Phi) is 4.45. The van der Waals surface area contributed by atoms with Crippen molar-refractivity contribution in [3.05, 3.63) is 59.2 Å². The zero-order valence-electron chi connectivity index (χ0n) is 11.7. The quantitative estimate of drug-likeness (QED) is 0.787. The lowest BCUT2D eigenvalue weighted by Gasteiger charge is -2.10. The summed E-state index contributed by atoms with van der Waals surface area (Å²) in [7, 11) is 0. The van der Waals surface area contributed by atoms with Gasteiger partial charge in [0, 0.05) is 6.54 Å². The average molecular weight is 254 g/mol. The van der Waals surface area contributed by atoms with Gasteiger partial charge in [-0.05, 0) is 42.2 Å². The van der Waals surface area contributed by atoms with Gasteiger partial charge in [0.15, 0.2) is 0 Å². The lowest BCUT2D eigenvalue weighted by atomic mass is 10.1. The number of nitrogens with two attached hydrogens (primary N) is 1. The van der Waals surface area contributed by atoms with Crippen LogP contribution < -0.4 is 11.1 Å². The lowest BCUT2D eigenvalue weighted by molar-refractivity contribution is 0.920. The van der Waals surface area contributed by atoms with E-state index in [0.717, 1.165) is 24.3 Å². The normalized spacial score (nSPS) is 10.4. The van der Waals surface area contributed by atoms with Crippen molar-refractivity contribution < 1.29 is 0 Å². The number of hydrogen-bond donors (Lipinski definition) is 2. The molecule has 100 valence electrons. The summed E-state index contributed by atoms with van der Waals surface area (Å²) >= 11 is 0. The minimum Gasteiger partial charge on any atom is -0.397 e. The number of anilines is 2. The minimum absolute atomic E-state index is 0.799. The maximum atomic E-state index is 5.95. The second-order valence-electron chi connectivity index (χ2n) is 5.01. The van der Waals surface area contributed by atoms with E-state index in [9.17, 15) is 0 Å². The van der Waals surface area contributed by atoms with Crippen LogP contribution in [-0.4, -0.2) is 0 Å². The van der Waals surface area contributed by atoms with Crippen molar-refractivity contribution in [1.82, 2.24) is 0 Å². The van der Waals surface area contributed by atoms with Crippen LogP contribution in [0.4, 0.5) is 11.4 Å². The molecule has 2 aromatic carbocycles.